The van der Waals surface area contributed by atoms with Crippen LogP contribution in [-0.4, -0.2) is 17.1 Å². The smallest absolute Gasteiger partial charge is 0.320 e. The van der Waals surface area contributed by atoms with E-state index in [2.05, 4.69) is 0 Å². The van der Waals surface area contributed by atoms with Gasteiger partial charge in [-0.15, -0.1) is 0 Å². The van der Waals surface area contributed by atoms with Gasteiger partial charge >= 0.3 is 5.97 Å². The number of hydrogen-bond donors (Lipinski definition) is 2. The van der Waals surface area contributed by atoms with Crippen molar-refractivity contribution in [3.8, 4) is 0 Å². The van der Waals surface area contributed by atoms with E-state index >= 15 is 0 Å². The Morgan fingerprint density at radius 1 is 1.31 bits per heavy atom. The van der Waals surface area contributed by atoms with Crippen molar-refractivity contribution in [1.29, 1.82) is 0 Å². The molecule has 0 bridgehead atoms. The van der Waals surface area contributed by atoms with Crippen molar-refractivity contribution in [3.05, 3.63) is 34.9 Å². The van der Waals surface area contributed by atoms with Gasteiger partial charge in [0.2, 0.25) is 0 Å². The van der Waals surface area contributed by atoms with E-state index in [9.17, 15) is 13.6 Å². The van der Waals surface area contributed by atoms with Gasteiger partial charge in [-0.1, -0.05) is 18.2 Å². The van der Waals surface area contributed by atoms with E-state index < -0.39 is 25.4 Å². The Labute approximate surface area is 91.9 Å². The molecule has 0 aliphatic carbocycles. The van der Waals surface area contributed by atoms with E-state index in [0.29, 0.717) is 5.56 Å². The number of carbonyl (C=O) groups is 1. The van der Waals surface area contributed by atoms with Gasteiger partial charge in [0.25, 0.3) is 0 Å². The zero-order valence-corrected chi connectivity index (χ0v) is 8.62. The van der Waals surface area contributed by atoms with E-state index in [-0.39, 0.29) is 17.5 Å². The van der Waals surface area contributed by atoms with Gasteiger partial charge < -0.3 is 10.8 Å². The van der Waals surface area contributed by atoms with Crippen LogP contribution in [0.5, 0.6) is 0 Å². The molecule has 0 radical (unpaired) electrons. The molecule has 0 spiro atoms. The molecule has 0 heterocycles. The van der Waals surface area contributed by atoms with Crippen molar-refractivity contribution in [2.24, 2.45) is 5.73 Å². The predicted molar refractivity (Wildman–Crippen MR) is 55.4 cm³/mol. The highest BCUT2D eigenvalue weighted by Gasteiger charge is 2.13. The van der Waals surface area contributed by atoms with Crippen LogP contribution in [0, 0.1) is 0 Å². The Balaban J connectivity index is 2.86. The molecule has 0 saturated heterocycles. The second-order valence-corrected chi connectivity index (χ2v) is 3.52. The number of alkyl halides is 2. The highest BCUT2D eigenvalue weighted by atomic mass is 19.1. The Morgan fingerprint density at radius 3 is 2.44 bits per heavy atom. The zero-order chi connectivity index (χ0) is 12.1. The first-order chi connectivity index (χ1) is 7.58. The molecule has 0 unspecified atom stereocenters. The Morgan fingerprint density at radius 2 is 1.94 bits per heavy atom. The number of benzene rings is 1. The van der Waals surface area contributed by atoms with Gasteiger partial charge in [0, 0.05) is 0 Å². The lowest BCUT2D eigenvalue weighted by molar-refractivity contribution is -0.138. The van der Waals surface area contributed by atoms with Crippen molar-refractivity contribution < 1.29 is 18.7 Å². The standard InChI is InChI=1S/C11H13F2NO2/c12-5-8-2-1-7(3-9(8)6-13)4-10(14)11(15)16/h1-3,10H,4-6,14H2,(H,15,16)/t10-/m0/s1. The van der Waals surface area contributed by atoms with E-state index in [4.69, 9.17) is 10.8 Å². The van der Waals surface area contributed by atoms with Crippen molar-refractivity contribution in [3.63, 3.8) is 0 Å². The number of hydrogen-bond acceptors (Lipinski definition) is 2. The lowest BCUT2D eigenvalue weighted by Gasteiger charge is -2.09. The van der Waals surface area contributed by atoms with E-state index in [0.717, 1.165) is 0 Å². The summed E-state index contributed by atoms with van der Waals surface area (Å²) >= 11 is 0. The summed E-state index contributed by atoms with van der Waals surface area (Å²) in [6.07, 6.45) is 0.106. The molecule has 88 valence electrons. The minimum atomic E-state index is -1.11. The minimum Gasteiger partial charge on any atom is -0.480 e. The first-order valence-electron chi connectivity index (χ1n) is 4.79. The summed E-state index contributed by atoms with van der Waals surface area (Å²) in [5.74, 6) is -1.11. The molecule has 5 heteroatoms. The lowest BCUT2D eigenvalue weighted by atomic mass is 10.0. The van der Waals surface area contributed by atoms with Gasteiger partial charge in [0.05, 0.1) is 0 Å². The molecule has 3 nitrogen and oxygen atoms in total. The van der Waals surface area contributed by atoms with Gasteiger partial charge in [-0.2, -0.15) is 0 Å². The topological polar surface area (TPSA) is 63.3 Å². The predicted octanol–water partition coefficient (Wildman–Crippen LogP) is 1.58. The Kier molecular flexibility index (Phi) is 4.37. The minimum absolute atomic E-state index is 0.106. The fourth-order valence-electron chi connectivity index (χ4n) is 1.40. The van der Waals surface area contributed by atoms with E-state index in [1.165, 1.54) is 12.1 Å². The normalized spacial score (nSPS) is 12.4. The Bertz CT molecular complexity index is 382. The van der Waals surface area contributed by atoms with Gasteiger partial charge in [-0.05, 0) is 23.1 Å². The van der Waals surface area contributed by atoms with Crippen LogP contribution in [0.15, 0.2) is 18.2 Å². The third-order valence-electron chi connectivity index (χ3n) is 2.33. The highest BCUT2D eigenvalue weighted by molar-refractivity contribution is 5.73. The van der Waals surface area contributed by atoms with Crippen LogP contribution in [0.2, 0.25) is 0 Å². The van der Waals surface area contributed by atoms with Crippen molar-refractivity contribution in [2.75, 3.05) is 0 Å². The van der Waals surface area contributed by atoms with Crippen LogP contribution in [0.3, 0.4) is 0 Å². The summed E-state index contributed by atoms with van der Waals surface area (Å²) in [4.78, 5) is 10.5. The summed E-state index contributed by atoms with van der Waals surface area (Å²) in [5.41, 5.74) is 6.48. The number of nitrogens with two attached hydrogens (primary N) is 1. The van der Waals surface area contributed by atoms with Crippen molar-refractivity contribution in [2.45, 2.75) is 25.8 Å². The average Bonchev–Trinajstić information content (AvgIpc) is 2.28. The molecular weight excluding hydrogens is 216 g/mol. The summed E-state index contributed by atoms with van der Waals surface area (Å²) in [6.45, 7) is -1.50. The summed E-state index contributed by atoms with van der Waals surface area (Å²) in [5, 5.41) is 8.61. The molecule has 0 aliphatic heterocycles. The SMILES string of the molecule is N[C@@H](Cc1ccc(CF)c(CF)c1)C(=O)O. The highest BCUT2D eigenvalue weighted by Crippen LogP contribution is 2.15. The molecule has 0 amide bonds. The first kappa shape index (κ1) is 12.6. The fourth-order valence-corrected chi connectivity index (χ4v) is 1.40. The number of carboxylic acids is 1. The second kappa shape index (κ2) is 5.55. The quantitative estimate of drug-likeness (QED) is 0.805. The van der Waals surface area contributed by atoms with Crippen LogP contribution in [0.4, 0.5) is 8.78 Å². The van der Waals surface area contributed by atoms with Crippen molar-refractivity contribution in [1.82, 2.24) is 0 Å². The van der Waals surface area contributed by atoms with Gasteiger partial charge in [-0.25, -0.2) is 8.78 Å². The molecule has 1 atom stereocenters. The van der Waals surface area contributed by atoms with Crippen LogP contribution < -0.4 is 5.73 Å². The van der Waals surface area contributed by atoms with Crippen molar-refractivity contribution >= 4 is 5.97 Å². The van der Waals surface area contributed by atoms with Gasteiger partial charge in [0.1, 0.15) is 19.4 Å². The average molecular weight is 229 g/mol. The molecule has 1 aromatic rings. The van der Waals surface area contributed by atoms with E-state index in [1.807, 2.05) is 0 Å². The van der Waals surface area contributed by atoms with Crippen LogP contribution in [0.1, 0.15) is 16.7 Å². The largest absolute Gasteiger partial charge is 0.480 e. The molecule has 3 N–H and O–H groups in total. The molecule has 1 rings (SSSR count). The number of carboxylic acid groups (broad SMARTS) is 1. The maximum Gasteiger partial charge on any atom is 0.320 e. The third-order valence-corrected chi connectivity index (χ3v) is 2.33. The first-order valence-corrected chi connectivity index (χ1v) is 4.79. The Hall–Kier alpha value is -1.49. The van der Waals surface area contributed by atoms with Crippen LogP contribution in [0.25, 0.3) is 0 Å². The molecule has 1 aromatic carbocycles. The lowest BCUT2D eigenvalue weighted by Crippen LogP contribution is -2.32. The van der Waals surface area contributed by atoms with E-state index in [1.54, 1.807) is 6.07 Å². The maximum atomic E-state index is 12.5. The summed E-state index contributed by atoms with van der Waals surface area (Å²) in [6, 6.07) is 3.46. The number of halogens is 2. The molecule has 0 aromatic heterocycles. The molecular formula is C11H13F2NO2. The van der Waals surface area contributed by atoms with Gasteiger partial charge in [-0.3, -0.25) is 4.79 Å². The zero-order valence-electron chi connectivity index (χ0n) is 8.62. The molecule has 0 aliphatic rings. The summed E-state index contributed by atoms with van der Waals surface area (Å²) < 4.78 is 24.9. The molecule has 16 heavy (non-hydrogen) atoms. The van der Waals surface area contributed by atoms with Crippen LogP contribution in [-0.2, 0) is 24.6 Å². The maximum absolute atomic E-state index is 12.5. The molecule has 0 saturated carbocycles. The number of rotatable bonds is 5. The number of aliphatic carboxylic acids is 1. The summed E-state index contributed by atoms with van der Waals surface area (Å²) in [7, 11) is 0. The monoisotopic (exact) mass is 229 g/mol. The van der Waals surface area contributed by atoms with Gasteiger partial charge in [0.15, 0.2) is 0 Å². The third kappa shape index (κ3) is 3.00. The van der Waals surface area contributed by atoms with Crippen LogP contribution >= 0.6 is 0 Å². The molecule has 0 fully saturated rings. The second-order valence-electron chi connectivity index (χ2n) is 3.52. The fraction of sp³-hybridized carbons (Fsp3) is 0.364.